The van der Waals surface area contributed by atoms with Gasteiger partial charge in [0.15, 0.2) is 5.72 Å². The van der Waals surface area contributed by atoms with Gasteiger partial charge in [-0.25, -0.2) is 9.59 Å². The molecular formula is C18H25NO5. The SMILES string of the molecule is CCOC(=O)c1ccc(OC2(NC(=O)OC(C)(C)C)CCC2)cc1. The summed E-state index contributed by atoms with van der Waals surface area (Å²) in [6.07, 6.45) is 1.90. The topological polar surface area (TPSA) is 73.9 Å². The largest absolute Gasteiger partial charge is 0.468 e. The molecule has 0 atom stereocenters. The molecule has 132 valence electrons. The van der Waals surface area contributed by atoms with Crippen molar-refractivity contribution in [2.45, 2.75) is 58.3 Å². The van der Waals surface area contributed by atoms with E-state index >= 15 is 0 Å². The van der Waals surface area contributed by atoms with Gasteiger partial charge in [-0.05, 0) is 58.4 Å². The number of alkyl carbamates (subject to hydrolysis) is 1. The van der Waals surface area contributed by atoms with E-state index in [9.17, 15) is 9.59 Å². The molecule has 0 unspecified atom stereocenters. The van der Waals surface area contributed by atoms with Crippen LogP contribution in [0.5, 0.6) is 5.75 Å². The molecule has 0 aromatic heterocycles. The minimum Gasteiger partial charge on any atom is -0.468 e. The second kappa shape index (κ2) is 7.11. The molecule has 0 radical (unpaired) electrons. The zero-order valence-corrected chi connectivity index (χ0v) is 14.7. The van der Waals surface area contributed by atoms with Crippen LogP contribution in [0.3, 0.4) is 0 Å². The summed E-state index contributed by atoms with van der Waals surface area (Å²) in [4.78, 5) is 23.6. The van der Waals surface area contributed by atoms with E-state index in [2.05, 4.69) is 5.32 Å². The first-order valence-corrected chi connectivity index (χ1v) is 8.20. The molecule has 1 amide bonds. The minimum absolute atomic E-state index is 0.333. The van der Waals surface area contributed by atoms with Crippen LogP contribution in [0.4, 0.5) is 4.79 Å². The molecule has 0 spiro atoms. The van der Waals surface area contributed by atoms with Gasteiger partial charge in [0, 0.05) is 12.8 Å². The van der Waals surface area contributed by atoms with E-state index in [0.29, 0.717) is 30.8 Å². The summed E-state index contributed by atoms with van der Waals surface area (Å²) in [6, 6.07) is 6.69. The predicted molar refractivity (Wildman–Crippen MR) is 89.0 cm³/mol. The average molecular weight is 335 g/mol. The summed E-state index contributed by atoms with van der Waals surface area (Å²) < 4.78 is 16.2. The quantitative estimate of drug-likeness (QED) is 0.657. The van der Waals surface area contributed by atoms with Gasteiger partial charge < -0.3 is 14.2 Å². The van der Waals surface area contributed by atoms with Crippen LogP contribution < -0.4 is 10.1 Å². The third-order valence-electron chi connectivity index (χ3n) is 3.57. The molecule has 1 N–H and O–H groups in total. The van der Waals surface area contributed by atoms with Gasteiger partial charge in [0.2, 0.25) is 0 Å². The fraction of sp³-hybridized carbons (Fsp3) is 0.556. The molecule has 1 aliphatic rings. The Morgan fingerprint density at radius 3 is 2.25 bits per heavy atom. The fourth-order valence-electron chi connectivity index (χ4n) is 2.34. The van der Waals surface area contributed by atoms with Crippen LogP contribution in [0, 0.1) is 0 Å². The smallest absolute Gasteiger partial charge is 0.410 e. The highest BCUT2D eigenvalue weighted by Crippen LogP contribution is 2.34. The highest BCUT2D eigenvalue weighted by atomic mass is 16.6. The van der Waals surface area contributed by atoms with Gasteiger partial charge in [-0.3, -0.25) is 5.32 Å². The summed E-state index contributed by atoms with van der Waals surface area (Å²) in [5, 5.41) is 2.82. The molecule has 24 heavy (non-hydrogen) atoms. The molecule has 0 heterocycles. The molecule has 1 aliphatic carbocycles. The Hall–Kier alpha value is -2.24. The van der Waals surface area contributed by atoms with Crippen molar-refractivity contribution in [1.82, 2.24) is 5.32 Å². The maximum atomic E-state index is 12.0. The number of hydrogen-bond donors (Lipinski definition) is 1. The van der Waals surface area contributed by atoms with Gasteiger partial charge >= 0.3 is 12.1 Å². The number of ether oxygens (including phenoxy) is 3. The Bertz CT molecular complexity index is 584. The monoisotopic (exact) mass is 335 g/mol. The van der Waals surface area contributed by atoms with Gasteiger partial charge in [-0.1, -0.05) is 0 Å². The molecule has 6 nitrogen and oxygen atoms in total. The number of hydrogen-bond acceptors (Lipinski definition) is 5. The number of benzene rings is 1. The van der Waals surface area contributed by atoms with Crippen molar-refractivity contribution in [3.05, 3.63) is 29.8 Å². The van der Waals surface area contributed by atoms with Crippen molar-refractivity contribution in [2.24, 2.45) is 0 Å². The Balaban J connectivity index is 1.99. The molecule has 1 aromatic rings. The average Bonchev–Trinajstić information content (AvgIpc) is 2.44. The second-order valence-corrected chi connectivity index (χ2v) is 6.82. The van der Waals surface area contributed by atoms with Crippen LogP contribution in [0.25, 0.3) is 0 Å². The van der Waals surface area contributed by atoms with Crippen LogP contribution in [-0.2, 0) is 9.47 Å². The lowest BCUT2D eigenvalue weighted by Crippen LogP contribution is -2.58. The predicted octanol–water partition coefficient (Wildman–Crippen LogP) is 3.65. The minimum atomic E-state index is -0.742. The van der Waals surface area contributed by atoms with Crippen LogP contribution in [0.1, 0.15) is 57.3 Å². The van der Waals surface area contributed by atoms with Gasteiger partial charge in [-0.2, -0.15) is 0 Å². The van der Waals surface area contributed by atoms with E-state index in [1.165, 1.54) is 0 Å². The van der Waals surface area contributed by atoms with E-state index in [1.807, 2.05) is 20.8 Å². The first-order valence-electron chi connectivity index (χ1n) is 8.20. The third-order valence-corrected chi connectivity index (χ3v) is 3.57. The molecule has 6 heteroatoms. The number of nitrogens with one attached hydrogen (secondary N) is 1. The summed E-state index contributed by atoms with van der Waals surface area (Å²) in [6.45, 7) is 7.54. The van der Waals surface area contributed by atoms with Gasteiger partial charge in [0.1, 0.15) is 11.4 Å². The zero-order valence-electron chi connectivity index (χ0n) is 14.7. The van der Waals surface area contributed by atoms with Crippen LogP contribution >= 0.6 is 0 Å². The van der Waals surface area contributed by atoms with Crippen molar-refractivity contribution in [1.29, 1.82) is 0 Å². The number of rotatable bonds is 5. The van der Waals surface area contributed by atoms with Crippen molar-refractivity contribution in [2.75, 3.05) is 6.61 Å². The first kappa shape index (κ1) is 18.1. The van der Waals surface area contributed by atoms with Crippen LogP contribution in [0.2, 0.25) is 0 Å². The Morgan fingerprint density at radius 1 is 1.17 bits per heavy atom. The summed E-state index contributed by atoms with van der Waals surface area (Å²) >= 11 is 0. The normalized spacial score (nSPS) is 15.8. The number of amides is 1. The Labute approximate surface area is 142 Å². The highest BCUT2D eigenvalue weighted by molar-refractivity contribution is 5.89. The maximum absolute atomic E-state index is 12.0. The number of carbonyl (C=O) groups excluding carboxylic acids is 2. The Morgan fingerprint density at radius 2 is 1.79 bits per heavy atom. The highest BCUT2D eigenvalue weighted by Gasteiger charge is 2.42. The van der Waals surface area contributed by atoms with E-state index in [1.54, 1.807) is 31.2 Å². The van der Waals surface area contributed by atoms with E-state index in [4.69, 9.17) is 14.2 Å². The molecule has 1 saturated carbocycles. The zero-order chi connectivity index (χ0) is 17.8. The molecule has 1 fully saturated rings. The third kappa shape index (κ3) is 4.88. The van der Waals surface area contributed by atoms with Crippen molar-refractivity contribution < 1.29 is 23.8 Å². The maximum Gasteiger partial charge on any atom is 0.410 e. The van der Waals surface area contributed by atoms with Gasteiger partial charge in [-0.15, -0.1) is 0 Å². The lowest BCUT2D eigenvalue weighted by atomic mass is 9.88. The van der Waals surface area contributed by atoms with Crippen molar-refractivity contribution in [3.63, 3.8) is 0 Å². The van der Waals surface area contributed by atoms with Crippen LogP contribution in [-0.4, -0.2) is 30.0 Å². The van der Waals surface area contributed by atoms with Gasteiger partial charge in [0.05, 0.1) is 12.2 Å². The molecule has 2 rings (SSSR count). The summed E-state index contributed by atoms with van der Waals surface area (Å²) in [7, 11) is 0. The lowest BCUT2D eigenvalue weighted by Gasteiger charge is -2.42. The molecule has 0 bridgehead atoms. The number of esters is 1. The fourth-order valence-corrected chi connectivity index (χ4v) is 2.34. The van der Waals surface area contributed by atoms with E-state index in [-0.39, 0.29) is 5.97 Å². The van der Waals surface area contributed by atoms with Crippen molar-refractivity contribution >= 4 is 12.1 Å². The second-order valence-electron chi connectivity index (χ2n) is 6.82. The standard InChI is InChI=1S/C18H25NO5/c1-5-22-15(20)13-7-9-14(10-8-13)23-18(11-6-12-18)19-16(21)24-17(2,3)4/h7-10H,5-6,11-12H2,1-4H3,(H,19,21). The van der Waals surface area contributed by atoms with Crippen LogP contribution in [0.15, 0.2) is 24.3 Å². The van der Waals surface area contributed by atoms with E-state index < -0.39 is 17.4 Å². The number of carbonyl (C=O) groups is 2. The Kier molecular flexibility index (Phi) is 5.36. The molecule has 0 aliphatic heterocycles. The van der Waals surface area contributed by atoms with E-state index in [0.717, 1.165) is 6.42 Å². The summed E-state index contributed by atoms with van der Waals surface area (Å²) in [5.41, 5.74) is -0.837. The molecular weight excluding hydrogens is 310 g/mol. The lowest BCUT2D eigenvalue weighted by molar-refractivity contribution is -0.0458. The molecule has 1 aromatic carbocycles. The molecule has 0 saturated heterocycles. The van der Waals surface area contributed by atoms with Crippen molar-refractivity contribution in [3.8, 4) is 5.75 Å². The summed E-state index contributed by atoms with van der Waals surface area (Å²) in [5.74, 6) is 0.216. The van der Waals surface area contributed by atoms with Gasteiger partial charge in [0.25, 0.3) is 0 Å². The first-order chi connectivity index (χ1) is 11.2.